The van der Waals surface area contributed by atoms with Crippen molar-refractivity contribution in [1.29, 1.82) is 0 Å². The van der Waals surface area contributed by atoms with Gasteiger partial charge in [0.15, 0.2) is 17.5 Å². The molecule has 0 radical (unpaired) electrons. The summed E-state index contributed by atoms with van der Waals surface area (Å²) in [5.74, 6) is -3.08. The summed E-state index contributed by atoms with van der Waals surface area (Å²) in [7, 11) is 0. The lowest BCUT2D eigenvalue weighted by Crippen LogP contribution is -2.23. The molecule has 0 spiro atoms. The second kappa shape index (κ2) is 4.45. The third-order valence-electron chi connectivity index (χ3n) is 3.09. The molecule has 0 aliphatic heterocycles. The zero-order chi connectivity index (χ0) is 11.7. The minimum Gasteiger partial charge on any atom is -0.327 e. The van der Waals surface area contributed by atoms with E-state index < -0.39 is 17.5 Å². The third-order valence-corrected chi connectivity index (χ3v) is 3.09. The van der Waals surface area contributed by atoms with E-state index in [1.807, 2.05) is 0 Å². The van der Waals surface area contributed by atoms with E-state index in [1.54, 1.807) is 0 Å². The fourth-order valence-corrected chi connectivity index (χ4v) is 1.84. The standard InChI is InChI=1S/C12H14F3N/c13-9-5-3-8(11(14)12(9)15)4-6-10(16)7-1-2-7/h3,5,7,10H,1-2,4,6,16H2. The highest BCUT2D eigenvalue weighted by atomic mass is 19.2. The van der Waals surface area contributed by atoms with Crippen molar-refractivity contribution >= 4 is 0 Å². The van der Waals surface area contributed by atoms with Crippen molar-refractivity contribution in [2.75, 3.05) is 0 Å². The summed E-state index contributed by atoms with van der Waals surface area (Å²) in [4.78, 5) is 0. The molecule has 1 nitrogen and oxygen atoms in total. The molecule has 0 heterocycles. The van der Waals surface area contributed by atoms with Gasteiger partial charge < -0.3 is 5.73 Å². The first-order valence-electron chi connectivity index (χ1n) is 5.47. The van der Waals surface area contributed by atoms with Crippen molar-refractivity contribution in [1.82, 2.24) is 0 Å². The molecule has 0 amide bonds. The maximum atomic E-state index is 13.3. The fraction of sp³-hybridized carbons (Fsp3) is 0.500. The van der Waals surface area contributed by atoms with Crippen molar-refractivity contribution < 1.29 is 13.2 Å². The minimum absolute atomic E-state index is 0.0486. The zero-order valence-corrected chi connectivity index (χ0v) is 8.85. The molecule has 0 aromatic heterocycles. The summed E-state index contributed by atoms with van der Waals surface area (Å²) in [6.45, 7) is 0. The lowest BCUT2D eigenvalue weighted by molar-refractivity contribution is 0.437. The SMILES string of the molecule is NC(CCc1ccc(F)c(F)c1F)C1CC1. The highest BCUT2D eigenvalue weighted by Crippen LogP contribution is 2.33. The third kappa shape index (κ3) is 2.38. The first-order valence-corrected chi connectivity index (χ1v) is 5.47. The van der Waals surface area contributed by atoms with Crippen molar-refractivity contribution in [2.24, 2.45) is 11.7 Å². The zero-order valence-electron chi connectivity index (χ0n) is 8.85. The Kier molecular flexibility index (Phi) is 3.19. The van der Waals surface area contributed by atoms with Crippen LogP contribution in [0.1, 0.15) is 24.8 Å². The van der Waals surface area contributed by atoms with E-state index in [4.69, 9.17) is 5.73 Å². The fourth-order valence-electron chi connectivity index (χ4n) is 1.84. The predicted octanol–water partition coefficient (Wildman–Crippen LogP) is 2.77. The molecular formula is C12H14F3N. The van der Waals surface area contributed by atoms with Gasteiger partial charge in [-0.1, -0.05) is 6.07 Å². The lowest BCUT2D eigenvalue weighted by Gasteiger charge is -2.10. The molecule has 1 saturated carbocycles. The molecular weight excluding hydrogens is 215 g/mol. The molecule has 1 aromatic carbocycles. The Balaban J connectivity index is 2.01. The number of halogens is 3. The topological polar surface area (TPSA) is 26.0 Å². The van der Waals surface area contributed by atoms with E-state index in [-0.39, 0.29) is 11.6 Å². The molecule has 4 heteroatoms. The average Bonchev–Trinajstić information content (AvgIpc) is 3.08. The molecule has 1 unspecified atom stereocenters. The molecule has 0 saturated heterocycles. The van der Waals surface area contributed by atoms with Gasteiger partial charge in [-0.25, -0.2) is 13.2 Å². The van der Waals surface area contributed by atoms with E-state index in [2.05, 4.69) is 0 Å². The Hall–Kier alpha value is -1.03. The van der Waals surface area contributed by atoms with Gasteiger partial charge in [-0.3, -0.25) is 0 Å². The van der Waals surface area contributed by atoms with Crippen LogP contribution in [-0.4, -0.2) is 6.04 Å². The second-order valence-corrected chi connectivity index (χ2v) is 4.37. The molecule has 0 bridgehead atoms. The number of nitrogens with two attached hydrogens (primary N) is 1. The van der Waals surface area contributed by atoms with Crippen LogP contribution in [0.5, 0.6) is 0 Å². The van der Waals surface area contributed by atoms with Crippen molar-refractivity contribution in [3.8, 4) is 0 Å². The van der Waals surface area contributed by atoms with Crippen LogP contribution < -0.4 is 5.73 Å². The van der Waals surface area contributed by atoms with Crippen LogP contribution in [0.25, 0.3) is 0 Å². The highest BCUT2D eigenvalue weighted by Gasteiger charge is 2.28. The number of hydrogen-bond acceptors (Lipinski definition) is 1. The van der Waals surface area contributed by atoms with Gasteiger partial charge in [0.05, 0.1) is 0 Å². The van der Waals surface area contributed by atoms with Gasteiger partial charge in [-0.2, -0.15) is 0 Å². The summed E-state index contributed by atoms with van der Waals surface area (Å²) >= 11 is 0. The normalized spacial score (nSPS) is 17.5. The molecule has 1 fully saturated rings. The van der Waals surface area contributed by atoms with Crippen molar-refractivity contribution in [2.45, 2.75) is 31.7 Å². The molecule has 16 heavy (non-hydrogen) atoms. The summed E-state index contributed by atoms with van der Waals surface area (Å²) in [6, 6.07) is 2.29. The quantitative estimate of drug-likeness (QED) is 0.789. The van der Waals surface area contributed by atoms with Crippen LogP contribution in [-0.2, 0) is 6.42 Å². The van der Waals surface area contributed by atoms with E-state index in [1.165, 1.54) is 6.07 Å². The van der Waals surface area contributed by atoms with Gasteiger partial charge in [-0.05, 0) is 43.2 Å². The summed E-state index contributed by atoms with van der Waals surface area (Å²) in [5, 5.41) is 0. The predicted molar refractivity (Wildman–Crippen MR) is 55.3 cm³/mol. The largest absolute Gasteiger partial charge is 0.327 e. The molecule has 1 aliphatic carbocycles. The molecule has 2 rings (SSSR count). The second-order valence-electron chi connectivity index (χ2n) is 4.37. The van der Waals surface area contributed by atoms with Gasteiger partial charge in [-0.15, -0.1) is 0 Å². The van der Waals surface area contributed by atoms with E-state index in [9.17, 15) is 13.2 Å². The van der Waals surface area contributed by atoms with Gasteiger partial charge in [0, 0.05) is 6.04 Å². The summed E-state index contributed by atoms with van der Waals surface area (Å²) < 4.78 is 38.8. The molecule has 2 N–H and O–H groups in total. The Morgan fingerprint density at radius 1 is 1.19 bits per heavy atom. The Bertz CT molecular complexity index is 388. The maximum Gasteiger partial charge on any atom is 0.194 e. The van der Waals surface area contributed by atoms with Crippen molar-refractivity contribution in [3.63, 3.8) is 0 Å². The number of benzene rings is 1. The van der Waals surface area contributed by atoms with E-state index in [0.29, 0.717) is 18.8 Å². The number of hydrogen-bond donors (Lipinski definition) is 1. The van der Waals surface area contributed by atoms with Crippen LogP contribution in [0.3, 0.4) is 0 Å². The molecule has 1 aliphatic rings. The Morgan fingerprint density at radius 2 is 1.88 bits per heavy atom. The first kappa shape index (κ1) is 11.5. The smallest absolute Gasteiger partial charge is 0.194 e. The van der Waals surface area contributed by atoms with Crippen LogP contribution in [0.2, 0.25) is 0 Å². The summed E-state index contributed by atoms with van der Waals surface area (Å²) in [6.07, 6.45) is 3.23. The number of rotatable bonds is 4. The van der Waals surface area contributed by atoms with E-state index in [0.717, 1.165) is 18.9 Å². The van der Waals surface area contributed by atoms with Crippen LogP contribution in [0, 0.1) is 23.4 Å². The average molecular weight is 229 g/mol. The van der Waals surface area contributed by atoms with Crippen molar-refractivity contribution in [3.05, 3.63) is 35.1 Å². The van der Waals surface area contributed by atoms with Crippen LogP contribution in [0.15, 0.2) is 12.1 Å². The minimum atomic E-state index is -1.39. The van der Waals surface area contributed by atoms with Gasteiger partial charge in [0.25, 0.3) is 0 Å². The maximum absolute atomic E-state index is 13.3. The molecule has 1 aromatic rings. The summed E-state index contributed by atoms with van der Waals surface area (Å²) in [5.41, 5.74) is 6.06. The lowest BCUT2D eigenvalue weighted by atomic mass is 10.0. The van der Waals surface area contributed by atoms with Gasteiger partial charge in [0.1, 0.15) is 0 Å². The Morgan fingerprint density at radius 3 is 2.50 bits per heavy atom. The van der Waals surface area contributed by atoms with Crippen LogP contribution in [0.4, 0.5) is 13.2 Å². The number of aryl methyl sites for hydroxylation is 1. The van der Waals surface area contributed by atoms with Crippen LogP contribution >= 0.6 is 0 Å². The Labute approximate surface area is 92.5 Å². The first-order chi connectivity index (χ1) is 7.59. The molecule has 88 valence electrons. The highest BCUT2D eigenvalue weighted by molar-refractivity contribution is 5.20. The monoisotopic (exact) mass is 229 g/mol. The van der Waals surface area contributed by atoms with Gasteiger partial charge in [0.2, 0.25) is 0 Å². The van der Waals surface area contributed by atoms with Gasteiger partial charge >= 0.3 is 0 Å². The van der Waals surface area contributed by atoms with E-state index >= 15 is 0 Å². The molecule has 1 atom stereocenters.